The first-order valence-electron chi connectivity index (χ1n) is 9.84. The SMILES string of the molecule is O=c1c(Cc2ccccc2)nc2c(Sc3ccc(F)cc3)[nH]c(-c3ccccc3)cn1-2. The second kappa shape index (κ2) is 8.24. The van der Waals surface area contributed by atoms with Crippen LogP contribution in [0, 0.1) is 5.82 Å². The molecule has 0 saturated heterocycles. The fourth-order valence-corrected chi connectivity index (χ4v) is 4.35. The van der Waals surface area contributed by atoms with E-state index in [1.165, 1.54) is 23.9 Å². The van der Waals surface area contributed by atoms with Crippen molar-refractivity contribution >= 4 is 11.8 Å². The van der Waals surface area contributed by atoms with Crippen LogP contribution in [0.25, 0.3) is 17.1 Å². The molecule has 31 heavy (non-hydrogen) atoms. The zero-order chi connectivity index (χ0) is 21.2. The number of aromatic nitrogens is 3. The molecule has 152 valence electrons. The maximum absolute atomic E-state index is 13.4. The summed E-state index contributed by atoms with van der Waals surface area (Å²) in [5.41, 5.74) is 3.15. The van der Waals surface area contributed by atoms with E-state index in [1.807, 2.05) is 60.7 Å². The van der Waals surface area contributed by atoms with Crippen molar-refractivity contribution in [3.63, 3.8) is 0 Å². The summed E-state index contributed by atoms with van der Waals surface area (Å²) in [5, 5.41) is 0.726. The van der Waals surface area contributed by atoms with Crippen LogP contribution in [0.5, 0.6) is 0 Å². The van der Waals surface area contributed by atoms with Crippen LogP contribution >= 0.6 is 11.8 Å². The fourth-order valence-electron chi connectivity index (χ4n) is 3.44. The fraction of sp³-hybridized carbons (Fsp3) is 0.0400. The van der Waals surface area contributed by atoms with Gasteiger partial charge in [0.1, 0.15) is 16.5 Å². The van der Waals surface area contributed by atoms with Crippen molar-refractivity contribution in [2.75, 3.05) is 0 Å². The molecule has 5 rings (SSSR count). The van der Waals surface area contributed by atoms with Crippen LogP contribution in [-0.4, -0.2) is 14.5 Å². The predicted molar refractivity (Wildman–Crippen MR) is 121 cm³/mol. The molecule has 0 bridgehead atoms. The minimum Gasteiger partial charge on any atom is -0.345 e. The highest BCUT2D eigenvalue weighted by Crippen LogP contribution is 2.33. The Morgan fingerprint density at radius 2 is 1.58 bits per heavy atom. The Hall–Kier alpha value is -3.64. The second-order valence-corrected chi connectivity index (χ2v) is 8.22. The van der Waals surface area contributed by atoms with Gasteiger partial charge >= 0.3 is 0 Å². The first-order chi connectivity index (χ1) is 15.2. The molecule has 0 aromatic heterocycles. The number of hydrogen-bond acceptors (Lipinski definition) is 3. The smallest absolute Gasteiger partial charge is 0.278 e. The summed E-state index contributed by atoms with van der Waals surface area (Å²) >= 11 is 1.42. The summed E-state index contributed by atoms with van der Waals surface area (Å²) < 4.78 is 15.0. The largest absolute Gasteiger partial charge is 0.345 e. The molecular formula is C25H18FN3OS. The van der Waals surface area contributed by atoms with Crippen LogP contribution < -0.4 is 5.56 Å². The zero-order valence-electron chi connectivity index (χ0n) is 16.5. The number of halogens is 1. The molecule has 0 atom stereocenters. The molecule has 0 aliphatic carbocycles. The van der Waals surface area contributed by atoms with Crippen LogP contribution in [0.2, 0.25) is 0 Å². The summed E-state index contributed by atoms with van der Waals surface area (Å²) in [4.78, 5) is 22.1. The minimum absolute atomic E-state index is 0.133. The molecule has 3 aromatic carbocycles. The standard InChI is InChI=1S/C25H18FN3OS/c26-19-11-13-20(14-12-19)31-24-23-27-21(15-17-7-3-1-4-8-17)25(30)29(23)16-22(28-24)18-9-5-2-6-10-18/h1-14,16,28H,15H2. The molecule has 1 N–H and O–H groups in total. The molecule has 0 unspecified atom stereocenters. The van der Waals surface area contributed by atoms with E-state index >= 15 is 0 Å². The Balaban J connectivity index is 1.64. The summed E-state index contributed by atoms with van der Waals surface area (Å²) in [6.45, 7) is 0. The van der Waals surface area contributed by atoms with E-state index in [0.29, 0.717) is 17.9 Å². The van der Waals surface area contributed by atoms with Gasteiger partial charge in [-0.25, -0.2) is 9.37 Å². The highest BCUT2D eigenvalue weighted by Gasteiger charge is 2.21. The van der Waals surface area contributed by atoms with Crippen molar-refractivity contribution in [2.24, 2.45) is 0 Å². The van der Waals surface area contributed by atoms with Gasteiger partial charge in [0.05, 0.1) is 5.69 Å². The molecule has 0 amide bonds. The summed E-state index contributed by atoms with van der Waals surface area (Å²) in [7, 11) is 0. The lowest BCUT2D eigenvalue weighted by molar-refractivity contribution is 0.626. The molecule has 6 heteroatoms. The van der Waals surface area contributed by atoms with E-state index in [2.05, 4.69) is 9.97 Å². The third-order valence-electron chi connectivity index (χ3n) is 4.98. The average molecular weight is 428 g/mol. The third-order valence-corrected chi connectivity index (χ3v) is 5.97. The first-order valence-corrected chi connectivity index (χ1v) is 10.7. The number of nitrogens with zero attached hydrogens (tertiary/aromatic N) is 2. The molecule has 4 nitrogen and oxygen atoms in total. The van der Waals surface area contributed by atoms with Crippen molar-refractivity contribution in [1.82, 2.24) is 14.5 Å². The molecule has 0 saturated carbocycles. The van der Waals surface area contributed by atoms with Gasteiger partial charge in [0, 0.05) is 17.5 Å². The quantitative estimate of drug-likeness (QED) is 0.400. The van der Waals surface area contributed by atoms with Gasteiger partial charge in [0.2, 0.25) is 0 Å². The molecule has 0 spiro atoms. The number of benzene rings is 3. The Morgan fingerprint density at radius 1 is 0.903 bits per heavy atom. The molecule has 0 radical (unpaired) electrons. The lowest BCUT2D eigenvalue weighted by Crippen LogP contribution is -2.16. The van der Waals surface area contributed by atoms with E-state index in [4.69, 9.17) is 0 Å². The van der Waals surface area contributed by atoms with E-state index < -0.39 is 0 Å². The van der Waals surface area contributed by atoms with Crippen molar-refractivity contribution < 1.29 is 4.39 Å². The number of rotatable bonds is 5. The molecule has 2 aliphatic heterocycles. The van der Waals surface area contributed by atoms with Crippen molar-refractivity contribution in [2.45, 2.75) is 16.3 Å². The normalized spacial score (nSPS) is 11.1. The lowest BCUT2D eigenvalue weighted by atomic mass is 10.1. The monoisotopic (exact) mass is 427 g/mol. The average Bonchev–Trinajstić information content (AvgIpc) is 3.12. The Labute approximate surface area is 182 Å². The second-order valence-electron chi connectivity index (χ2n) is 7.14. The van der Waals surface area contributed by atoms with E-state index in [1.54, 1.807) is 22.9 Å². The van der Waals surface area contributed by atoms with Gasteiger partial charge in [-0.05, 0) is 35.4 Å². The molecule has 0 fully saturated rings. The first kappa shape index (κ1) is 19.3. The van der Waals surface area contributed by atoms with Crippen LogP contribution in [0.15, 0.2) is 106 Å². The van der Waals surface area contributed by atoms with Gasteiger partial charge in [-0.2, -0.15) is 0 Å². The van der Waals surface area contributed by atoms with E-state index in [0.717, 1.165) is 26.7 Å². The molecule has 2 aliphatic rings. The van der Waals surface area contributed by atoms with Crippen molar-refractivity contribution in [3.8, 4) is 17.1 Å². The number of imidazole rings is 1. The van der Waals surface area contributed by atoms with Crippen molar-refractivity contribution in [1.29, 1.82) is 0 Å². The van der Waals surface area contributed by atoms with E-state index in [-0.39, 0.29) is 11.4 Å². The highest BCUT2D eigenvalue weighted by molar-refractivity contribution is 7.99. The van der Waals surface area contributed by atoms with Gasteiger partial charge in [0.15, 0.2) is 5.82 Å². The predicted octanol–water partition coefficient (Wildman–Crippen LogP) is 5.55. The Morgan fingerprint density at radius 3 is 2.29 bits per heavy atom. The summed E-state index contributed by atoms with van der Waals surface area (Å²) in [5.74, 6) is 0.272. The van der Waals surface area contributed by atoms with Crippen LogP contribution in [0.4, 0.5) is 4.39 Å². The highest BCUT2D eigenvalue weighted by atomic mass is 32.2. The lowest BCUT2D eigenvalue weighted by Gasteiger charge is -2.12. The molecular weight excluding hydrogens is 409 g/mol. The number of fused-ring (bicyclic) bond motifs is 1. The summed E-state index contributed by atoms with van der Waals surface area (Å²) in [6, 6.07) is 25.9. The van der Waals surface area contributed by atoms with Gasteiger partial charge in [0.25, 0.3) is 5.56 Å². The van der Waals surface area contributed by atoms with E-state index in [9.17, 15) is 9.18 Å². The van der Waals surface area contributed by atoms with Crippen LogP contribution in [0.1, 0.15) is 11.3 Å². The Bertz CT molecular complexity index is 1350. The van der Waals surface area contributed by atoms with Gasteiger partial charge < -0.3 is 4.98 Å². The summed E-state index contributed by atoms with van der Waals surface area (Å²) in [6.07, 6.45) is 2.26. The van der Waals surface area contributed by atoms with Gasteiger partial charge in [-0.3, -0.25) is 9.36 Å². The third kappa shape index (κ3) is 4.02. The Kier molecular flexibility index (Phi) is 5.14. The number of nitrogens with one attached hydrogen (secondary N) is 1. The minimum atomic E-state index is -0.288. The zero-order valence-corrected chi connectivity index (χ0v) is 17.3. The maximum atomic E-state index is 13.4. The molecule has 2 heterocycles. The van der Waals surface area contributed by atoms with Crippen LogP contribution in [0.3, 0.4) is 0 Å². The topological polar surface area (TPSA) is 50.7 Å². The molecule has 3 aromatic rings. The number of aromatic amines is 1. The van der Waals surface area contributed by atoms with Crippen LogP contribution in [-0.2, 0) is 6.42 Å². The van der Waals surface area contributed by atoms with Crippen molar-refractivity contribution in [3.05, 3.63) is 119 Å². The maximum Gasteiger partial charge on any atom is 0.278 e. The van der Waals surface area contributed by atoms with Gasteiger partial charge in [-0.1, -0.05) is 72.4 Å². The number of hydrogen-bond donors (Lipinski definition) is 1. The van der Waals surface area contributed by atoms with Gasteiger partial charge in [-0.15, -0.1) is 0 Å². The number of H-pyrrole nitrogens is 1.